The van der Waals surface area contributed by atoms with Crippen LogP contribution in [0.2, 0.25) is 0 Å². The molecule has 0 heterocycles. The lowest BCUT2D eigenvalue weighted by Crippen LogP contribution is -2.56. The molecule has 0 bridgehead atoms. The first kappa shape index (κ1) is 30.9. The highest BCUT2D eigenvalue weighted by atomic mass is 16.6. The summed E-state index contributed by atoms with van der Waals surface area (Å²) in [6.07, 6.45) is -0.0385. The first-order valence-electron chi connectivity index (χ1n) is 13.4. The number of anilines is 1. The molecule has 0 saturated carbocycles. The van der Waals surface area contributed by atoms with Crippen molar-refractivity contribution in [3.63, 3.8) is 0 Å². The first-order valence-corrected chi connectivity index (χ1v) is 13.4. The maximum Gasteiger partial charge on any atom is 0.408 e. The van der Waals surface area contributed by atoms with Crippen molar-refractivity contribution in [3.05, 3.63) is 64.7 Å². The average molecular weight is 524 g/mol. The monoisotopic (exact) mass is 523 g/mol. The lowest BCUT2D eigenvalue weighted by Gasteiger charge is -2.39. The second-order valence-corrected chi connectivity index (χ2v) is 11.4. The lowest BCUT2D eigenvalue weighted by molar-refractivity contribution is -0.144. The van der Waals surface area contributed by atoms with Crippen LogP contribution in [0.5, 0.6) is 0 Å². The van der Waals surface area contributed by atoms with E-state index in [4.69, 9.17) is 4.74 Å². The van der Waals surface area contributed by atoms with Gasteiger partial charge in [-0.3, -0.25) is 9.59 Å². The molecule has 0 aliphatic rings. The van der Waals surface area contributed by atoms with Gasteiger partial charge in [-0.05, 0) is 89.1 Å². The lowest BCUT2D eigenvalue weighted by atomic mass is 9.92. The van der Waals surface area contributed by atoms with Crippen molar-refractivity contribution in [2.45, 2.75) is 99.4 Å². The molecule has 0 aromatic heterocycles. The molecule has 3 atom stereocenters. The molecule has 2 aromatic carbocycles. The smallest absolute Gasteiger partial charge is 0.408 e. The zero-order valence-electron chi connectivity index (χ0n) is 24.6. The molecule has 0 saturated heterocycles. The van der Waals surface area contributed by atoms with Crippen molar-refractivity contribution in [2.75, 3.05) is 5.32 Å². The molecule has 0 fully saturated rings. The second-order valence-electron chi connectivity index (χ2n) is 11.4. The van der Waals surface area contributed by atoms with Crippen molar-refractivity contribution in [1.82, 2.24) is 10.2 Å². The van der Waals surface area contributed by atoms with Crippen LogP contribution in [0.3, 0.4) is 0 Å². The van der Waals surface area contributed by atoms with Gasteiger partial charge in [0.05, 0.1) is 0 Å². The Kier molecular flexibility index (Phi) is 10.5. The number of benzene rings is 2. The van der Waals surface area contributed by atoms with E-state index < -0.39 is 23.8 Å². The van der Waals surface area contributed by atoms with Crippen molar-refractivity contribution >= 4 is 23.6 Å². The number of hydrogen-bond donors (Lipinski definition) is 2. The summed E-state index contributed by atoms with van der Waals surface area (Å²) < 4.78 is 5.45. The highest BCUT2D eigenvalue weighted by Gasteiger charge is 2.40. The Morgan fingerprint density at radius 1 is 0.921 bits per heavy atom. The molecule has 2 N–H and O–H groups in total. The molecule has 0 aliphatic heterocycles. The van der Waals surface area contributed by atoms with Gasteiger partial charge in [0.25, 0.3) is 5.91 Å². The fourth-order valence-electron chi connectivity index (χ4n) is 4.31. The van der Waals surface area contributed by atoms with E-state index in [1.54, 1.807) is 25.7 Å². The van der Waals surface area contributed by atoms with Crippen LogP contribution in [-0.2, 0) is 14.3 Å². The van der Waals surface area contributed by atoms with Crippen LogP contribution < -0.4 is 10.6 Å². The maximum atomic E-state index is 14.3. The number of para-hydroxylation sites is 1. The minimum absolute atomic E-state index is 0.236. The summed E-state index contributed by atoms with van der Waals surface area (Å²) in [5.41, 5.74) is 3.63. The molecular weight excluding hydrogens is 478 g/mol. The van der Waals surface area contributed by atoms with E-state index in [9.17, 15) is 14.4 Å². The number of carbonyl (C=O) groups is 3. The van der Waals surface area contributed by atoms with Crippen molar-refractivity contribution in [3.8, 4) is 0 Å². The number of alkyl carbamates (subject to hydrolysis) is 1. The molecule has 208 valence electrons. The van der Waals surface area contributed by atoms with Crippen LogP contribution in [0.1, 0.15) is 83.2 Å². The predicted octanol–water partition coefficient (Wildman–Crippen LogP) is 6.47. The SMILES string of the molecule is CCC(C)N(C(=O)C(NC(=O)OC(C)(C)C)C(C)C)C(C(=O)Nc1ccccc1C)c1cccc(C)c1C. The minimum atomic E-state index is -0.904. The Morgan fingerprint density at radius 2 is 1.53 bits per heavy atom. The number of hydrogen-bond acceptors (Lipinski definition) is 4. The fourth-order valence-corrected chi connectivity index (χ4v) is 4.31. The van der Waals surface area contributed by atoms with Gasteiger partial charge in [0, 0.05) is 11.7 Å². The highest BCUT2D eigenvalue weighted by molar-refractivity contribution is 5.99. The Balaban J connectivity index is 2.63. The molecule has 3 unspecified atom stereocenters. The van der Waals surface area contributed by atoms with E-state index in [0.29, 0.717) is 12.1 Å². The molecule has 7 heteroatoms. The zero-order valence-corrected chi connectivity index (χ0v) is 24.6. The first-order chi connectivity index (χ1) is 17.7. The summed E-state index contributed by atoms with van der Waals surface area (Å²) in [5.74, 6) is -0.868. The largest absolute Gasteiger partial charge is 0.444 e. The number of nitrogens with zero attached hydrogens (tertiary/aromatic N) is 1. The molecular formula is C31H45N3O4. The third-order valence-corrected chi connectivity index (χ3v) is 6.80. The number of carbonyl (C=O) groups excluding carboxylic acids is 3. The maximum absolute atomic E-state index is 14.3. The molecule has 2 rings (SSSR count). The Morgan fingerprint density at radius 3 is 2.08 bits per heavy atom. The average Bonchev–Trinajstić information content (AvgIpc) is 2.82. The van der Waals surface area contributed by atoms with Gasteiger partial charge in [-0.25, -0.2) is 4.79 Å². The molecule has 7 nitrogen and oxygen atoms in total. The van der Waals surface area contributed by atoms with E-state index in [1.807, 2.05) is 90.9 Å². The molecule has 3 amide bonds. The van der Waals surface area contributed by atoms with E-state index in [0.717, 1.165) is 22.3 Å². The molecule has 38 heavy (non-hydrogen) atoms. The summed E-state index contributed by atoms with van der Waals surface area (Å²) in [4.78, 5) is 42.7. The van der Waals surface area contributed by atoms with Crippen LogP contribution in [0.15, 0.2) is 42.5 Å². The predicted molar refractivity (Wildman–Crippen MR) is 153 cm³/mol. The van der Waals surface area contributed by atoms with E-state index in [2.05, 4.69) is 10.6 Å². The van der Waals surface area contributed by atoms with Gasteiger partial charge in [-0.1, -0.05) is 57.2 Å². The normalized spacial score (nSPS) is 13.9. The summed E-state index contributed by atoms with van der Waals surface area (Å²) in [5, 5.41) is 5.84. The number of ether oxygens (including phenoxy) is 1. The van der Waals surface area contributed by atoms with Gasteiger partial charge in [0.1, 0.15) is 17.7 Å². The number of amides is 3. The standard InChI is InChI=1S/C31H45N3O4/c1-11-22(6)34(29(36)26(19(2)3)33-30(37)38-31(8,9)10)27(24-17-14-16-20(4)23(24)7)28(35)32-25-18-13-12-15-21(25)5/h12-19,22,26-27H,11H2,1-10H3,(H,32,35)(H,33,37). The van der Waals surface area contributed by atoms with Crippen molar-refractivity contribution in [1.29, 1.82) is 0 Å². The van der Waals surface area contributed by atoms with E-state index in [-0.39, 0.29) is 23.8 Å². The van der Waals surface area contributed by atoms with Crippen LogP contribution >= 0.6 is 0 Å². The van der Waals surface area contributed by atoms with Crippen LogP contribution in [0.25, 0.3) is 0 Å². The third-order valence-electron chi connectivity index (χ3n) is 6.80. The van der Waals surface area contributed by atoms with Crippen LogP contribution in [-0.4, -0.2) is 40.5 Å². The Labute approximate surface area is 228 Å². The fraction of sp³-hybridized carbons (Fsp3) is 0.516. The van der Waals surface area contributed by atoms with E-state index >= 15 is 0 Å². The third kappa shape index (κ3) is 7.83. The Hall–Kier alpha value is -3.35. The quantitative estimate of drug-likeness (QED) is 0.394. The van der Waals surface area contributed by atoms with Gasteiger partial charge in [0.15, 0.2) is 0 Å². The summed E-state index contributed by atoms with van der Waals surface area (Å²) in [6.45, 7) is 18.9. The van der Waals surface area contributed by atoms with E-state index in [1.165, 1.54) is 0 Å². The van der Waals surface area contributed by atoms with Gasteiger partial charge < -0.3 is 20.3 Å². The van der Waals surface area contributed by atoms with Crippen molar-refractivity contribution in [2.24, 2.45) is 5.92 Å². The number of aryl methyl sites for hydroxylation is 2. The minimum Gasteiger partial charge on any atom is -0.444 e. The Bertz CT molecular complexity index is 1140. The summed E-state index contributed by atoms with van der Waals surface area (Å²) >= 11 is 0. The highest BCUT2D eigenvalue weighted by Crippen LogP contribution is 2.31. The molecule has 0 spiro atoms. The number of nitrogens with one attached hydrogen (secondary N) is 2. The summed E-state index contributed by atoms with van der Waals surface area (Å²) in [7, 11) is 0. The van der Waals surface area contributed by atoms with Crippen LogP contribution in [0.4, 0.5) is 10.5 Å². The van der Waals surface area contributed by atoms with Gasteiger partial charge >= 0.3 is 6.09 Å². The van der Waals surface area contributed by atoms with Gasteiger partial charge in [-0.2, -0.15) is 0 Å². The molecule has 0 aliphatic carbocycles. The molecule has 2 aromatic rings. The topological polar surface area (TPSA) is 87.7 Å². The van der Waals surface area contributed by atoms with Crippen LogP contribution in [0, 0.1) is 26.7 Å². The zero-order chi connectivity index (χ0) is 28.8. The van der Waals surface area contributed by atoms with Gasteiger partial charge in [0.2, 0.25) is 5.91 Å². The number of rotatable bonds is 9. The van der Waals surface area contributed by atoms with Gasteiger partial charge in [-0.15, -0.1) is 0 Å². The van der Waals surface area contributed by atoms with Crippen molar-refractivity contribution < 1.29 is 19.1 Å². The second kappa shape index (κ2) is 12.9. The summed E-state index contributed by atoms with van der Waals surface area (Å²) in [6, 6.07) is 11.3. The molecule has 0 radical (unpaired) electrons.